The van der Waals surface area contributed by atoms with Crippen molar-refractivity contribution in [1.29, 1.82) is 0 Å². The monoisotopic (exact) mass is 394 g/mol. The number of ether oxygens (including phenoxy) is 1. The second-order valence-electron chi connectivity index (χ2n) is 5.99. The fourth-order valence-electron chi connectivity index (χ4n) is 2.71. The zero-order valence-electron chi connectivity index (χ0n) is 14.3. The number of carbonyl (C=O) groups is 1. The van der Waals surface area contributed by atoms with Crippen LogP contribution in [0.15, 0.2) is 29.2 Å². The van der Waals surface area contributed by atoms with Crippen molar-refractivity contribution in [3.8, 4) is 5.75 Å². The van der Waals surface area contributed by atoms with Gasteiger partial charge in [0.05, 0.1) is 4.90 Å². The van der Waals surface area contributed by atoms with Crippen LogP contribution in [0.25, 0.3) is 0 Å². The first kappa shape index (κ1) is 20.5. The van der Waals surface area contributed by atoms with E-state index < -0.39 is 22.1 Å². The Hall–Kier alpha value is -1.81. The first-order valence-corrected chi connectivity index (χ1v) is 9.71. The summed E-state index contributed by atoms with van der Waals surface area (Å²) >= 11 is 0. The van der Waals surface area contributed by atoms with Crippen LogP contribution in [0, 0.1) is 5.92 Å². The predicted molar refractivity (Wildman–Crippen MR) is 87.9 cm³/mol. The Balaban J connectivity index is 1.99. The molecule has 0 atom stereocenters. The maximum Gasteiger partial charge on any atom is 0.573 e. The minimum Gasteiger partial charge on any atom is -0.406 e. The van der Waals surface area contributed by atoms with Gasteiger partial charge in [-0.25, -0.2) is 8.42 Å². The predicted octanol–water partition coefficient (Wildman–Crippen LogP) is 2.51. The maximum absolute atomic E-state index is 12.6. The molecule has 1 saturated heterocycles. The van der Waals surface area contributed by atoms with E-state index in [2.05, 4.69) is 10.1 Å². The summed E-state index contributed by atoms with van der Waals surface area (Å²) in [6.07, 6.45) is -3.19. The van der Waals surface area contributed by atoms with Crippen LogP contribution in [-0.2, 0) is 14.8 Å². The van der Waals surface area contributed by atoms with Gasteiger partial charge >= 0.3 is 6.36 Å². The van der Waals surface area contributed by atoms with E-state index >= 15 is 0 Å². The van der Waals surface area contributed by atoms with Crippen molar-refractivity contribution in [2.24, 2.45) is 5.92 Å². The van der Waals surface area contributed by atoms with Gasteiger partial charge in [0.15, 0.2) is 0 Å². The molecule has 0 radical (unpaired) electrons. The summed E-state index contributed by atoms with van der Waals surface area (Å²) in [6, 6.07) is 4.09. The summed E-state index contributed by atoms with van der Waals surface area (Å²) in [5.74, 6) is -0.782. The maximum atomic E-state index is 12.6. The number of hydrogen-bond acceptors (Lipinski definition) is 4. The van der Waals surface area contributed by atoms with E-state index in [1.165, 1.54) is 4.31 Å². The van der Waals surface area contributed by atoms with Crippen molar-refractivity contribution in [1.82, 2.24) is 9.62 Å². The molecule has 0 aliphatic carbocycles. The Labute approximate surface area is 150 Å². The molecule has 0 unspecified atom stereocenters. The summed E-state index contributed by atoms with van der Waals surface area (Å²) < 4.78 is 66.7. The Bertz CT molecular complexity index is 712. The van der Waals surface area contributed by atoms with Crippen LogP contribution in [0.2, 0.25) is 0 Å². The fraction of sp³-hybridized carbons (Fsp3) is 0.562. The number of halogens is 3. The van der Waals surface area contributed by atoms with Crippen molar-refractivity contribution in [2.75, 3.05) is 19.6 Å². The number of carbonyl (C=O) groups excluding carboxylic acids is 1. The van der Waals surface area contributed by atoms with Crippen LogP contribution in [0.1, 0.15) is 26.2 Å². The Morgan fingerprint density at radius 2 is 1.81 bits per heavy atom. The van der Waals surface area contributed by atoms with E-state index in [0.717, 1.165) is 30.7 Å². The minimum absolute atomic E-state index is 0.0717. The first-order chi connectivity index (χ1) is 12.1. The molecule has 6 nitrogen and oxygen atoms in total. The topological polar surface area (TPSA) is 75.7 Å². The molecule has 1 aliphatic heterocycles. The third-order valence-corrected chi connectivity index (χ3v) is 5.98. The van der Waals surface area contributed by atoms with Crippen LogP contribution in [0.4, 0.5) is 13.2 Å². The molecule has 1 amide bonds. The fourth-order valence-corrected chi connectivity index (χ4v) is 4.18. The molecule has 0 spiro atoms. The van der Waals surface area contributed by atoms with Gasteiger partial charge in [0.25, 0.3) is 0 Å². The van der Waals surface area contributed by atoms with Gasteiger partial charge in [0.2, 0.25) is 15.9 Å². The molecule has 2 rings (SSSR count). The van der Waals surface area contributed by atoms with Crippen LogP contribution < -0.4 is 10.1 Å². The van der Waals surface area contributed by atoms with Crippen molar-refractivity contribution < 1.29 is 31.1 Å². The quantitative estimate of drug-likeness (QED) is 0.805. The van der Waals surface area contributed by atoms with Crippen LogP contribution in [-0.4, -0.2) is 44.6 Å². The number of hydrogen-bond donors (Lipinski definition) is 1. The average molecular weight is 394 g/mol. The number of rotatable bonds is 6. The minimum atomic E-state index is -4.83. The lowest BCUT2D eigenvalue weighted by Crippen LogP contribution is -2.43. The number of piperidine rings is 1. The molecule has 10 heteroatoms. The Morgan fingerprint density at radius 1 is 1.23 bits per heavy atom. The number of nitrogens with zero attached hydrogens (tertiary/aromatic N) is 1. The highest BCUT2D eigenvalue weighted by molar-refractivity contribution is 7.89. The standard InChI is InChI=1S/C16H21F3N2O4S/c1-2-9-20-15(22)12-7-10-21(11-8-12)26(23,24)14-5-3-13(4-6-14)25-16(17,18)19/h3-6,12H,2,7-11H2,1H3,(H,20,22). The highest BCUT2D eigenvalue weighted by Crippen LogP contribution is 2.27. The van der Waals surface area contributed by atoms with Crippen molar-refractivity contribution in [3.05, 3.63) is 24.3 Å². The van der Waals surface area contributed by atoms with Crippen molar-refractivity contribution >= 4 is 15.9 Å². The Kier molecular flexibility index (Phi) is 6.51. The summed E-state index contributed by atoms with van der Waals surface area (Å²) in [7, 11) is -3.82. The third kappa shape index (κ3) is 5.34. The van der Waals surface area contributed by atoms with E-state index in [4.69, 9.17) is 0 Å². The lowest BCUT2D eigenvalue weighted by Gasteiger charge is -2.30. The number of amides is 1. The molecule has 0 saturated carbocycles. The average Bonchev–Trinajstić information content (AvgIpc) is 2.59. The number of sulfonamides is 1. The highest BCUT2D eigenvalue weighted by atomic mass is 32.2. The van der Waals surface area contributed by atoms with Gasteiger partial charge in [0, 0.05) is 25.6 Å². The summed E-state index contributed by atoms with van der Waals surface area (Å²) in [6.45, 7) is 2.91. The third-order valence-electron chi connectivity index (χ3n) is 4.07. The van der Waals surface area contributed by atoms with E-state index in [9.17, 15) is 26.4 Å². The van der Waals surface area contributed by atoms with E-state index in [1.54, 1.807) is 0 Å². The van der Waals surface area contributed by atoms with Gasteiger partial charge in [-0.05, 0) is 43.5 Å². The number of alkyl halides is 3. The van der Waals surface area contributed by atoms with Gasteiger partial charge < -0.3 is 10.1 Å². The van der Waals surface area contributed by atoms with E-state index in [1.807, 2.05) is 6.92 Å². The molecule has 1 N–H and O–H groups in total. The lowest BCUT2D eigenvalue weighted by atomic mass is 9.97. The normalized spacial score (nSPS) is 17.1. The zero-order valence-corrected chi connectivity index (χ0v) is 15.1. The van der Waals surface area contributed by atoms with Gasteiger partial charge in [-0.15, -0.1) is 13.2 Å². The number of nitrogens with one attached hydrogen (secondary N) is 1. The molecule has 1 heterocycles. The molecule has 0 aromatic heterocycles. The second-order valence-corrected chi connectivity index (χ2v) is 7.93. The Morgan fingerprint density at radius 3 is 2.31 bits per heavy atom. The van der Waals surface area contributed by atoms with Crippen molar-refractivity contribution in [2.45, 2.75) is 37.4 Å². The van der Waals surface area contributed by atoms with Gasteiger partial charge in [0.1, 0.15) is 5.75 Å². The number of benzene rings is 1. The molecule has 1 aromatic rings. The lowest BCUT2D eigenvalue weighted by molar-refractivity contribution is -0.274. The zero-order chi connectivity index (χ0) is 19.4. The van der Waals surface area contributed by atoms with Crippen LogP contribution in [0.3, 0.4) is 0 Å². The second kappa shape index (κ2) is 8.26. The molecule has 1 aromatic carbocycles. The van der Waals surface area contributed by atoms with Crippen LogP contribution >= 0.6 is 0 Å². The van der Waals surface area contributed by atoms with Gasteiger partial charge in [-0.3, -0.25) is 4.79 Å². The molecule has 0 bridgehead atoms. The largest absolute Gasteiger partial charge is 0.573 e. The smallest absolute Gasteiger partial charge is 0.406 e. The van der Waals surface area contributed by atoms with Gasteiger partial charge in [-0.1, -0.05) is 6.92 Å². The van der Waals surface area contributed by atoms with Crippen LogP contribution in [0.5, 0.6) is 5.75 Å². The molecule has 146 valence electrons. The summed E-state index contributed by atoms with van der Waals surface area (Å²) in [4.78, 5) is 11.8. The summed E-state index contributed by atoms with van der Waals surface area (Å²) in [5.41, 5.74) is 0. The molecular formula is C16H21F3N2O4S. The molecular weight excluding hydrogens is 373 g/mol. The summed E-state index contributed by atoms with van der Waals surface area (Å²) in [5, 5.41) is 2.80. The van der Waals surface area contributed by atoms with Gasteiger partial charge in [-0.2, -0.15) is 4.31 Å². The molecule has 1 fully saturated rings. The van der Waals surface area contributed by atoms with E-state index in [0.29, 0.717) is 19.4 Å². The molecule has 1 aliphatic rings. The molecule has 26 heavy (non-hydrogen) atoms. The van der Waals surface area contributed by atoms with Crippen molar-refractivity contribution in [3.63, 3.8) is 0 Å². The van der Waals surface area contributed by atoms with E-state index in [-0.39, 0.29) is 29.8 Å². The SMILES string of the molecule is CCCNC(=O)C1CCN(S(=O)(=O)c2ccc(OC(F)(F)F)cc2)CC1. The highest BCUT2D eigenvalue weighted by Gasteiger charge is 2.33. The first-order valence-electron chi connectivity index (χ1n) is 8.27.